The highest BCUT2D eigenvalue weighted by atomic mass is 79.9. The molecular weight excluding hydrogens is 674 g/mol. The fourth-order valence-corrected chi connectivity index (χ4v) is 5.59. The van der Waals surface area contributed by atoms with Crippen LogP contribution in [-0.2, 0) is 51.0 Å². The van der Waals surface area contributed by atoms with Gasteiger partial charge in [-0.05, 0) is 35.4 Å². The van der Waals surface area contributed by atoms with Crippen LogP contribution in [0.5, 0.6) is 11.5 Å². The Kier molecular flexibility index (Phi) is 12.1. The maximum atomic E-state index is 11.3. The summed E-state index contributed by atoms with van der Waals surface area (Å²) in [5.41, 5.74) is 1.09. The molecule has 2 rings (SSSR count). The summed E-state index contributed by atoms with van der Waals surface area (Å²) < 4.78 is 65.2. The molecule has 2 aromatic carbocycles. The highest BCUT2D eigenvalue weighted by Crippen LogP contribution is 2.33. The Hall–Kier alpha value is -1.91. The van der Waals surface area contributed by atoms with Crippen molar-refractivity contribution in [3.63, 3.8) is 0 Å². The Labute approximate surface area is 229 Å². The lowest BCUT2D eigenvalue weighted by Crippen LogP contribution is -2.14. The zero-order valence-electron chi connectivity index (χ0n) is 19.3. The minimum Gasteiger partial charge on any atom is -0.495 e. The smallest absolute Gasteiger partial charge is 0.310 e. The normalized spacial score (nSPS) is 11.1. The molecule has 0 aromatic heterocycles. The quantitative estimate of drug-likeness (QED) is 0.321. The topological polar surface area (TPSA) is 165 Å². The Balaban J connectivity index is 0.000000360. The molecule has 0 bridgehead atoms. The Morgan fingerprint density at radius 2 is 1.14 bits per heavy atom. The van der Waals surface area contributed by atoms with Gasteiger partial charge >= 0.3 is 11.9 Å². The van der Waals surface area contributed by atoms with Gasteiger partial charge in [-0.15, -0.1) is 0 Å². The van der Waals surface area contributed by atoms with Crippen molar-refractivity contribution in [2.24, 2.45) is 5.14 Å². The minimum atomic E-state index is -3.92. The molecule has 0 saturated heterocycles. The Morgan fingerprint density at radius 3 is 1.44 bits per heavy atom. The predicted octanol–water partition coefficient (Wildman–Crippen LogP) is 2.92. The predicted molar refractivity (Wildman–Crippen MR) is 137 cm³/mol. The molecule has 0 radical (unpaired) electrons. The van der Waals surface area contributed by atoms with Gasteiger partial charge in [0.2, 0.25) is 10.0 Å². The Bertz CT molecular complexity index is 1250. The molecule has 16 heteroatoms. The maximum absolute atomic E-state index is 11.3. The monoisotopic (exact) mass is 693 g/mol. The van der Waals surface area contributed by atoms with Crippen molar-refractivity contribution in [1.29, 1.82) is 0 Å². The van der Waals surface area contributed by atoms with E-state index in [0.29, 0.717) is 20.1 Å². The molecule has 0 unspecified atom stereocenters. The van der Waals surface area contributed by atoms with E-state index in [1.807, 2.05) is 0 Å². The lowest BCUT2D eigenvalue weighted by Gasteiger charge is -2.10. The summed E-state index contributed by atoms with van der Waals surface area (Å²) >= 11 is 6.35. The number of carbonyl (C=O) groups excluding carboxylic acids is 2. The average molecular weight is 696 g/mol. The Morgan fingerprint density at radius 1 is 0.778 bits per heavy atom. The van der Waals surface area contributed by atoms with Gasteiger partial charge in [0, 0.05) is 19.6 Å². The zero-order chi connectivity index (χ0) is 27.8. The van der Waals surface area contributed by atoms with Crippen LogP contribution in [0.25, 0.3) is 0 Å². The maximum Gasteiger partial charge on any atom is 0.310 e. The van der Waals surface area contributed by atoms with Gasteiger partial charge in [0.1, 0.15) is 21.3 Å². The highest BCUT2D eigenvalue weighted by molar-refractivity contribution is 9.10. The molecule has 2 N–H and O–H groups in total. The van der Waals surface area contributed by atoms with Crippen LogP contribution in [0.15, 0.2) is 43.0 Å². The van der Waals surface area contributed by atoms with E-state index in [-0.39, 0.29) is 34.1 Å². The number of carbonyl (C=O) groups is 2. The molecule has 0 aliphatic carbocycles. The first kappa shape index (κ1) is 32.1. The lowest BCUT2D eigenvalue weighted by molar-refractivity contribution is -0.140. The first-order chi connectivity index (χ1) is 16.6. The molecule has 0 aliphatic heterocycles. The van der Waals surface area contributed by atoms with Crippen molar-refractivity contribution in [2.45, 2.75) is 22.6 Å². The summed E-state index contributed by atoms with van der Waals surface area (Å²) in [5, 5.41) is 5.06. The van der Waals surface area contributed by atoms with E-state index in [0.717, 1.165) is 0 Å². The van der Waals surface area contributed by atoms with Crippen LogP contribution in [0.1, 0.15) is 11.1 Å². The number of rotatable bonds is 8. The fourth-order valence-electron chi connectivity index (χ4n) is 2.61. The molecule has 0 spiro atoms. The van der Waals surface area contributed by atoms with Crippen LogP contribution >= 0.6 is 42.5 Å². The van der Waals surface area contributed by atoms with E-state index in [2.05, 4.69) is 41.3 Å². The highest BCUT2D eigenvalue weighted by Gasteiger charge is 2.21. The number of methoxy groups -OCH3 is 4. The van der Waals surface area contributed by atoms with Crippen LogP contribution in [0, 0.1) is 0 Å². The van der Waals surface area contributed by atoms with Crippen molar-refractivity contribution in [3.05, 3.63) is 44.3 Å². The van der Waals surface area contributed by atoms with Crippen molar-refractivity contribution >= 4 is 73.6 Å². The molecule has 0 aliphatic rings. The van der Waals surface area contributed by atoms with Crippen molar-refractivity contribution < 1.29 is 45.4 Å². The number of hydrogen-bond acceptors (Lipinski definition) is 10. The van der Waals surface area contributed by atoms with Gasteiger partial charge in [0.15, 0.2) is 0 Å². The molecule has 0 atom stereocenters. The standard InChI is InChI=1S/C10H10BrClO5S.C10H12BrNO5S/c2*1-16-8-3-6(4-10(13)17-2)7(11)5-9(8)18(12,14)15/h3,5H,4H2,1-2H3;3,5H,4H2,1-2H3,(H2,12,14,15). The van der Waals surface area contributed by atoms with Crippen molar-refractivity contribution in [2.75, 3.05) is 28.4 Å². The lowest BCUT2D eigenvalue weighted by atomic mass is 10.1. The number of primary sulfonamides is 1. The molecular formula is C20H22Br2ClNO10S2. The first-order valence-corrected chi connectivity index (χ1v) is 14.9. The molecule has 0 saturated carbocycles. The number of benzene rings is 2. The summed E-state index contributed by atoms with van der Waals surface area (Å²) in [7, 11) is 2.65. The van der Waals surface area contributed by atoms with Crippen LogP contribution in [0.4, 0.5) is 0 Å². The van der Waals surface area contributed by atoms with Gasteiger partial charge in [-0.1, -0.05) is 31.9 Å². The molecule has 36 heavy (non-hydrogen) atoms. The molecule has 200 valence electrons. The van der Waals surface area contributed by atoms with E-state index in [9.17, 15) is 26.4 Å². The van der Waals surface area contributed by atoms with Gasteiger partial charge in [-0.25, -0.2) is 22.0 Å². The molecule has 11 nitrogen and oxygen atoms in total. The van der Waals surface area contributed by atoms with E-state index in [4.69, 9.17) is 25.3 Å². The second-order valence-electron chi connectivity index (χ2n) is 6.68. The molecule has 2 aromatic rings. The van der Waals surface area contributed by atoms with E-state index >= 15 is 0 Å². The molecule has 0 amide bonds. The SMILES string of the molecule is COC(=O)Cc1cc(OC)c(S(=O)(=O)Cl)cc1Br.COC(=O)Cc1cc(OC)c(S(N)(=O)=O)cc1Br. The van der Waals surface area contributed by atoms with E-state index < -0.39 is 31.0 Å². The molecule has 0 fully saturated rings. The summed E-state index contributed by atoms with van der Waals surface area (Å²) in [6.45, 7) is 0. The number of esters is 2. The number of halogens is 3. The van der Waals surface area contributed by atoms with Crippen molar-refractivity contribution in [1.82, 2.24) is 0 Å². The summed E-state index contributed by atoms with van der Waals surface area (Å²) in [5.74, 6) is -0.730. The second-order valence-corrected chi connectivity index (χ2v) is 12.5. The third kappa shape index (κ3) is 9.19. The van der Waals surface area contributed by atoms with Gasteiger partial charge in [0.05, 0.1) is 41.3 Å². The van der Waals surface area contributed by atoms with Crippen LogP contribution in [0.3, 0.4) is 0 Å². The fraction of sp³-hybridized carbons (Fsp3) is 0.300. The summed E-state index contributed by atoms with van der Waals surface area (Å²) in [6, 6.07) is 5.45. The summed E-state index contributed by atoms with van der Waals surface area (Å²) in [6.07, 6.45) is -0.00556. The van der Waals surface area contributed by atoms with Crippen LogP contribution < -0.4 is 14.6 Å². The number of sulfonamides is 1. The van der Waals surface area contributed by atoms with Gasteiger partial charge in [-0.2, -0.15) is 0 Å². The van der Waals surface area contributed by atoms with Gasteiger partial charge in [-0.3, -0.25) is 9.59 Å². The largest absolute Gasteiger partial charge is 0.495 e. The number of hydrogen-bond donors (Lipinski definition) is 1. The van der Waals surface area contributed by atoms with Crippen LogP contribution in [0.2, 0.25) is 0 Å². The average Bonchev–Trinajstić information content (AvgIpc) is 2.79. The third-order valence-corrected chi connectivity index (χ3v) is 8.11. The number of ether oxygens (including phenoxy) is 4. The van der Waals surface area contributed by atoms with Crippen LogP contribution in [-0.4, -0.2) is 57.2 Å². The zero-order valence-corrected chi connectivity index (χ0v) is 24.9. The van der Waals surface area contributed by atoms with Gasteiger partial charge < -0.3 is 18.9 Å². The van der Waals surface area contributed by atoms with E-state index in [1.54, 1.807) is 0 Å². The number of nitrogens with two attached hydrogens (primary N) is 1. The van der Waals surface area contributed by atoms with Crippen molar-refractivity contribution in [3.8, 4) is 11.5 Å². The summed E-state index contributed by atoms with van der Waals surface area (Å²) in [4.78, 5) is 22.1. The van der Waals surface area contributed by atoms with Gasteiger partial charge in [0.25, 0.3) is 9.05 Å². The minimum absolute atomic E-state index is 0.00164. The second kappa shape index (κ2) is 13.6. The first-order valence-electron chi connectivity index (χ1n) is 9.42. The molecule has 0 heterocycles. The van der Waals surface area contributed by atoms with E-state index in [1.165, 1.54) is 52.7 Å². The third-order valence-electron chi connectivity index (χ3n) is 4.36.